The van der Waals surface area contributed by atoms with Crippen LogP contribution in [-0.4, -0.2) is 48.5 Å². The lowest BCUT2D eigenvalue weighted by Gasteiger charge is -2.36. The maximum Gasteiger partial charge on any atom is 0.410 e. The number of hydrogen-bond acceptors (Lipinski definition) is 3. The predicted molar refractivity (Wildman–Crippen MR) is 121 cm³/mol. The van der Waals surface area contributed by atoms with Crippen molar-refractivity contribution < 1.29 is 14.6 Å². The summed E-state index contributed by atoms with van der Waals surface area (Å²) in [7, 11) is -2.17. The van der Waals surface area contributed by atoms with Crippen molar-refractivity contribution in [3.63, 3.8) is 0 Å². The van der Waals surface area contributed by atoms with Gasteiger partial charge >= 0.3 is 6.09 Å². The van der Waals surface area contributed by atoms with Crippen LogP contribution in [0.25, 0.3) is 0 Å². The van der Waals surface area contributed by atoms with Gasteiger partial charge in [0.25, 0.3) is 0 Å². The fraction of sp³-hybridized carbons (Fsp3) is 0.458. The maximum absolute atomic E-state index is 12.7. The molecule has 0 saturated carbocycles. The highest BCUT2D eigenvalue weighted by molar-refractivity contribution is 7.01. The van der Waals surface area contributed by atoms with Crippen LogP contribution >= 0.6 is 0 Å². The molecule has 0 bridgehead atoms. The minimum Gasteiger partial charge on any atom is -0.444 e. The van der Waals surface area contributed by atoms with Crippen molar-refractivity contribution >= 4 is 24.5 Å². The van der Waals surface area contributed by atoms with Crippen LogP contribution in [0, 0.1) is 0 Å². The minimum atomic E-state index is -2.17. The Morgan fingerprint density at radius 2 is 1.62 bits per heavy atom. The first-order chi connectivity index (χ1) is 13.7. The summed E-state index contributed by atoms with van der Waals surface area (Å²) in [4.78, 5) is 14.4. The summed E-state index contributed by atoms with van der Waals surface area (Å²) >= 11 is 0. The van der Waals surface area contributed by atoms with Crippen LogP contribution in [0.4, 0.5) is 4.79 Å². The topological polar surface area (TPSA) is 49.8 Å². The minimum absolute atomic E-state index is 0.191. The molecule has 156 valence electrons. The van der Waals surface area contributed by atoms with Crippen molar-refractivity contribution in [2.24, 2.45) is 0 Å². The molecule has 2 aromatic rings. The second kappa shape index (κ2) is 8.72. The molecule has 0 aliphatic carbocycles. The Bertz CT molecular complexity index is 764. The zero-order valence-electron chi connectivity index (χ0n) is 18.0. The van der Waals surface area contributed by atoms with E-state index in [1.54, 1.807) is 4.90 Å². The van der Waals surface area contributed by atoms with Gasteiger partial charge in [-0.2, -0.15) is 0 Å². The van der Waals surface area contributed by atoms with Gasteiger partial charge in [0, 0.05) is 6.54 Å². The van der Waals surface area contributed by atoms with Gasteiger partial charge in [0.2, 0.25) is 0 Å². The van der Waals surface area contributed by atoms with Gasteiger partial charge < -0.3 is 14.7 Å². The SMILES string of the molecule is CC(C)(C)OC(=O)N1CCC[C@H]1[C@@H](O)C[Si](C)(c1ccccc1)c1ccccc1. The summed E-state index contributed by atoms with van der Waals surface area (Å²) in [5.41, 5.74) is -0.535. The average molecular weight is 412 g/mol. The van der Waals surface area contributed by atoms with E-state index in [4.69, 9.17) is 4.74 Å². The monoisotopic (exact) mass is 411 g/mol. The lowest BCUT2D eigenvalue weighted by atomic mass is 10.1. The molecule has 2 atom stereocenters. The van der Waals surface area contributed by atoms with E-state index in [0.717, 1.165) is 12.8 Å². The van der Waals surface area contributed by atoms with Crippen molar-refractivity contribution in [2.45, 2.75) is 64.0 Å². The molecule has 3 rings (SSSR count). The zero-order chi connectivity index (χ0) is 21.1. The van der Waals surface area contributed by atoms with E-state index in [1.165, 1.54) is 10.4 Å². The molecule has 5 heteroatoms. The summed E-state index contributed by atoms with van der Waals surface area (Å²) in [5, 5.41) is 13.9. The Kier molecular flexibility index (Phi) is 6.49. The number of hydrogen-bond donors (Lipinski definition) is 1. The summed E-state index contributed by atoms with van der Waals surface area (Å²) in [6.07, 6.45) is 0.814. The third-order valence-electron chi connectivity index (χ3n) is 5.81. The first kappa shape index (κ1) is 21.6. The molecule has 0 aromatic heterocycles. The molecule has 1 aliphatic heterocycles. The number of aliphatic hydroxyl groups excluding tert-OH is 1. The lowest BCUT2D eigenvalue weighted by molar-refractivity contribution is 0.00791. The van der Waals surface area contributed by atoms with Crippen LogP contribution in [0.2, 0.25) is 12.6 Å². The highest BCUT2D eigenvalue weighted by Crippen LogP contribution is 2.27. The third-order valence-corrected chi connectivity index (χ3v) is 10.3. The van der Waals surface area contributed by atoms with E-state index < -0.39 is 19.8 Å². The third kappa shape index (κ3) is 5.09. The molecule has 0 unspecified atom stereocenters. The Morgan fingerprint density at radius 3 is 2.10 bits per heavy atom. The molecule has 1 N–H and O–H groups in total. The molecular formula is C24H33NO3Si. The van der Waals surface area contributed by atoms with Crippen molar-refractivity contribution in [3.8, 4) is 0 Å². The van der Waals surface area contributed by atoms with Crippen LogP contribution in [0.5, 0.6) is 0 Å². The van der Waals surface area contributed by atoms with Gasteiger partial charge in [0.1, 0.15) is 13.7 Å². The maximum atomic E-state index is 12.7. The van der Waals surface area contributed by atoms with Gasteiger partial charge in [-0.3, -0.25) is 0 Å². The van der Waals surface area contributed by atoms with E-state index in [-0.39, 0.29) is 12.1 Å². The van der Waals surface area contributed by atoms with E-state index in [9.17, 15) is 9.90 Å². The van der Waals surface area contributed by atoms with Crippen LogP contribution in [0.15, 0.2) is 60.7 Å². The van der Waals surface area contributed by atoms with Gasteiger partial charge in [-0.05, 0) is 39.7 Å². The first-order valence-electron chi connectivity index (χ1n) is 10.5. The van der Waals surface area contributed by atoms with Crippen LogP contribution in [-0.2, 0) is 4.74 Å². The largest absolute Gasteiger partial charge is 0.444 e. The second-order valence-corrected chi connectivity index (χ2v) is 13.4. The molecule has 1 saturated heterocycles. The summed E-state index contributed by atoms with van der Waals surface area (Å²) < 4.78 is 5.59. The van der Waals surface area contributed by atoms with E-state index in [1.807, 2.05) is 32.9 Å². The number of likely N-dealkylation sites (tertiary alicyclic amines) is 1. The van der Waals surface area contributed by atoms with E-state index in [2.05, 4.69) is 55.1 Å². The number of benzene rings is 2. The number of carbonyl (C=O) groups is 1. The quantitative estimate of drug-likeness (QED) is 0.764. The number of ether oxygens (including phenoxy) is 1. The molecule has 1 heterocycles. The number of amides is 1. The Labute approximate surface area is 175 Å². The van der Waals surface area contributed by atoms with Crippen molar-refractivity contribution in [1.29, 1.82) is 0 Å². The van der Waals surface area contributed by atoms with Crippen LogP contribution in [0.1, 0.15) is 33.6 Å². The first-order valence-corrected chi connectivity index (χ1v) is 13.2. The summed E-state index contributed by atoms with van der Waals surface area (Å²) in [6, 6.07) is 21.5. The zero-order valence-corrected chi connectivity index (χ0v) is 19.0. The Morgan fingerprint density at radius 1 is 1.10 bits per heavy atom. The van der Waals surface area contributed by atoms with Gasteiger partial charge in [-0.25, -0.2) is 4.79 Å². The van der Waals surface area contributed by atoms with Crippen molar-refractivity contribution in [3.05, 3.63) is 60.7 Å². The normalized spacial score (nSPS) is 18.5. The standard InChI is InChI=1S/C24H33NO3Si/c1-24(2,3)28-23(27)25-17-11-16-21(25)22(26)18-29(4,19-12-7-5-8-13-19)20-14-9-6-10-15-20/h5-10,12-15,21-22,26H,11,16-18H2,1-4H3/t21-,22-/m0/s1. The number of nitrogens with zero attached hydrogens (tertiary/aromatic N) is 1. The molecule has 4 nitrogen and oxygen atoms in total. The lowest BCUT2D eigenvalue weighted by Crippen LogP contribution is -2.59. The van der Waals surface area contributed by atoms with E-state index in [0.29, 0.717) is 12.6 Å². The van der Waals surface area contributed by atoms with Gasteiger partial charge in [0.05, 0.1) is 12.1 Å². The fourth-order valence-corrected chi connectivity index (χ4v) is 8.08. The predicted octanol–water partition coefficient (Wildman–Crippen LogP) is 3.64. The molecule has 0 spiro atoms. The van der Waals surface area contributed by atoms with Gasteiger partial charge in [-0.15, -0.1) is 0 Å². The Balaban J connectivity index is 1.85. The molecule has 1 fully saturated rings. The highest BCUT2D eigenvalue weighted by atomic mass is 28.3. The average Bonchev–Trinajstić information content (AvgIpc) is 3.18. The number of aliphatic hydroxyl groups is 1. The van der Waals surface area contributed by atoms with Crippen molar-refractivity contribution in [1.82, 2.24) is 4.90 Å². The molecule has 1 aliphatic rings. The smallest absolute Gasteiger partial charge is 0.410 e. The molecule has 29 heavy (non-hydrogen) atoms. The van der Waals surface area contributed by atoms with Gasteiger partial charge in [-0.1, -0.05) is 77.6 Å². The highest BCUT2D eigenvalue weighted by Gasteiger charge is 2.41. The molecule has 1 amide bonds. The molecule has 2 aromatic carbocycles. The van der Waals surface area contributed by atoms with Crippen molar-refractivity contribution in [2.75, 3.05) is 6.54 Å². The Hall–Kier alpha value is -2.11. The second-order valence-electron chi connectivity index (χ2n) is 9.22. The number of rotatable bonds is 5. The summed E-state index contributed by atoms with van der Waals surface area (Å²) in [6.45, 7) is 8.59. The number of carbonyl (C=O) groups excluding carboxylic acids is 1. The van der Waals surface area contributed by atoms with Crippen LogP contribution < -0.4 is 10.4 Å². The summed E-state index contributed by atoms with van der Waals surface area (Å²) in [5.74, 6) is 0. The fourth-order valence-electron chi connectivity index (χ4n) is 4.31. The molecule has 0 radical (unpaired) electrons. The molecular weight excluding hydrogens is 378 g/mol. The van der Waals surface area contributed by atoms with E-state index >= 15 is 0 Å². The van der Waals surface area contributed by atoms with Crippen LogP contribution in [0.3, 0.4) is 0 Å². The van der Waals surface area contributed by atoms with Gasteiger partial charge in [0.15, 0.2) is 0 Å².